The zero-order chi connectivity index (χ0) is 22.6. The number of carbonyl (C=O) groups excluding carboxylic acids is 2. The molecule has 162 valence electrons. The van der Waals surface area contributed by atoms with Crippen LogP contribution in [0.2, 0.25) is 0 Å². The Labute approximate surface area is 169 Å². The van der Waals surface area contributed by atoms with Crippen molar-refractivity contribution in [2.75, 3.05) is 11.4 Å². The monoisotopic (exact) mass is 431 g/mol. The van der Waals surface area contributed by atoms with Gasteiger partial charge in [0.2, 0.25) is 0 Å². The fourth-order valence-corrected chi connectivity index (χ4v) is 2.49. The Morgan fingerprint density at radius 3 is 2.17 bits per heavy atom. The summed E-state index contributed by atoms with van der Waals surface area (Å²) in [5.74, 6) is -6.86. The number of anilines is 1. The number of esters is 1. The minimum atomic E-state index is -3.16. The van der Waals surface area contributed by atoms with Crippen molar-refractivity contribution < 1.29 is 41.0 Å². The quantitative estimate of drug-likeness (QED) is 0.492. The smallest absolute Gasteiger partial charge is 0.387 e. The summed E-state index contributed by atoms with van der Waals surface area (Å²) < 4.78 is 75.8. The van der Waals surface area contributed by atoms with Crippen LogP contribution in [0, 0.1) is 17.5 Å². The van der Waals surface area contributed by atoms with E-state index in [0.29, 0.717) is 17.0 Å². The van der Waals surface area contributed by atoms with Gasteiger partial charge in [-0.15, -0.1) is 0 Å². The molecule has 10 heteroatoms. The standard InChI is InChI=1S/C20H18F5NO4/c1-20(2,3)30-16(27)10-26(12-5-4-6-13(9-12)29-19(24)25)18(28)17-14(22)7-11(21)8-15(17)23/h4-9,19H,10H2,1-3H3. The van der Waals surface area contributed by atoms with Gasteiger partial charge in [-0.1, -0.05) is 6.07 Å². The van der Waals surface area contributed by atoms with Crippen molar-refractivity contribution in [3.63, 3.8) is 0 Å². The third kappa shape index (κ3) is 6.16. The number of nitrogens with zero attached hydrogens (tertiary/aromatic N) is 1. The summed E-state index contributed by atoms with van der Waals surface area (Å²) in [4.78, 5) is 25.7. The molecule has 0 fully saturated rings. The van der Waals surface area contributed by atoms with E-state index in [0.717, 1.165) is 12.1 Å². The molecule has 0 N–H and O–H groups in total. The predicted octanol–water partition coefficient (Wildman–Crippen LogP) is 4.69. The number of ether oxygens (including phenoxy) is 2. The molecule has 0 radical (unpaired) electrons. The Morgan fingerprint density at radius 2 is 1.63 bits per heavy atom. The summed E-state index contributed by atoms with van der Waals surface area (Å²) in [7, 11) is 0. The van der Waals surface area contributed by atoms with Crippen molar-refractivity contribution in [3.8, 4) is 5.75 Å². The van der Waals surface area contributed by atoms with E-state index in [1.54, 1.807) is 20.8 Å². The van der Waals surface area contributed by atoms with Crippen LogP contribution in [0.4, 0.5) is 27.6 Å². The van der Waals surface area contributed by atoms with Crippen LogP contribution < -0.4 is 9.64 Å². The molecule has 0 aromatic heterocycles. The number of hydrogen-bond donors (Lipinski definition) is 0. The minimum absolute atomic E-state index is 0.174. The van der Waals surface area contributed by atoms with Crippen LogP contribution in [0.25, 0.3) is 0 Å². The number of carbonyl (C=O) groups is 2. The van der Waals surface area contributed by atoms with Crippen molar-refractivity contribution in [1.29, 1.82) is 0 Å². The van der Waals surface area contributed by atoms with E-state index in [-0.39, 0.29) is 11.4 Å². The van der Waals surface area contributed by atoms with E-state index in [9.17, 15) is 31.5 Å². The second-order valence-corrected chi connectivity index (χ2v) is 7.10. The zero-order valence-electron chi connectivity index (χ0n) is 16.2. The summed E-state index contributed by atoms with van der Waals surface area (Å²) in [5.41, 5.74) is -2.23. The van der Waals surface area contributed by atoms with Crippen molar-refractivity contribution in [3.05, 3.63) is 59.4 Å². The number of hydrogen-bond acceptors (Lipinski definition) is 4. The Balaban J connectivity index is 2.49. The van der Waals surface area contributed by atoms with Gasteiger partial charge in [-0.3, -0.25) is 14.5 Å². The second kappa shape index (κ2) is 9.10. The highest BCUT2D eigenvalue weighted by Crippen LogP contribution is 2.26. The topological polar surface area (TPSA) is 55.8 Å². The molecule has 0 spiro atoms. The highest BCUT2D eigenvalue weighted by molar-refractivity contribution is 6.08. The first kappa shape index (κ1) is 23.1. The number of amides is 1. The molecule has 1 amide bonds. The van der Waals surface area contributed by atoms with Crippen LogP contribution in [-0.2, 0) is 9.53 Å². The first-order valence-corrected chi connectivity index (χ1v) is 8.60. The maximum absolute atomic E-state index is 14.1. The lowest BCUT2D eigenvalue weighted by atomic mass is 10.1. The van der Waals surface area contributed by atoms with Crippen LogP contribution in [0.1, 0.15) is 31.1 Å². The van der Waals surface area contributed by atoms with Crippen LogP contribution in [0.3, 0.4) is 0 Å². The van der Waals surface area contributed by atoms with E-state index >= 15 is 0 Å². The molecular formula is C20H18F5NO4. The van der Waals surface area contributed by atoms with Gasteiger partial charge in [-0.2, -0.15) is 8.78 Å². The van der Waals surface area contributed by atoms with E-state index in [1.165, 1.54) is 12.1 Å². The van der Waals surface area contributed by atoms with Gasteiger partial charge in [0.05, 0.1) is 0 Å². The zero-order valence-corrected chi connectivity index (χ0v) is 16.2. The molecule has 0 aliphatic rings. The molecule has 2 rings (SSSR count). The van der Waals surface area contributed by atoms with E-state index in [4.69, 9.17) is 4.74 Å². The Hall–Kier alpha value is -3.17. The molecule has 0 unspecified atom stereocenters. The summed E-state index contributed by atoms with van der Waals surface area (Å²) in [5, 5.41) is 0. The lowest BCUT2D eigenvalue weighted by Crippen LogP contribution is -2.39. The fourth-order valence-electron chi connectivity index (χ4n) is 2.49. The van der Waals surface area contributed by atoms with Crippen molar-refractivity contribution in [2.24, 2.45) is 0 Å². The molecule has 2 aromatic carbocycles. The molecule has 0 heterocycles. The van der Waals surface area contributed by atoms with Crippen molar-refractivity contribution >= 4 is 17.6 Å². The number of halogens is 5. The van der Waals surface area contributed by atoms with Crippen molar-refractivity contribution in [2.45, 2.75) is 33.0 Å². The lowest BCUT2D eigenvalue weighted by Gasteiger charge is -2.26. The average Bonchev–Trinajstić information content (AvgIpc) is 2.56. The molecule has 5 nitrogen and oxygen atoms in total. The SMILES string of the molecule is CC(C)(C)OC(=O)CN(C(=O)c1c(F)cc(F)cc1F)c1cccc(OC(F)F)c1. The summed E-state index contributed by atoms with van der Waals surface area (Å²) in [6.45, 7) is 0.723. The molecule has 0 aliphatic heterocycles. The number of benzene rings is 2. The molecule has 0 saturated carbocycles. The van der Waals surface area contributed by atoms with Gasteiger partial charge in [0.15, 0.2) is 0 Å². The van der Waals surface area contributed by atoms with Gasteiger partial charge in [0, 0.05) is 23.9 Å². The first-order valence-electron chi connectivity index (χ1n) is 8.60. The van der Waals surface area contributed by atoms with E-state index < -0.39 is 53.6 Å². The largest absolute Gasteiger partial charge is 0.459 e. The van der Waals surface area contributed by atoms with Gasteiger partial charge < -0.3 is 9.47 Å². The third-order valence-corrected chi connectivity index (χ3v) is 3.53. The lowest BCUT2D eigenvalue weighted by molar-refractivity contribution is -0.152. The summed E-state index contributed by atoms with van der Waals surface area (Å²) >= 11 is 0. The molecule has 0 bridgehead atoms. The van der Waals surface area contributed by atoms with Crippen LogP contribution in [-0.4, -0.2) is 30.6 Å². The maximum atomic E-state index is 14.1. The van der Waals surface area contributed by atoms with Gasteiger partial charge in [-0.25, -0.2) is 13.2 Å². The van der Waals surface area contributed by atoms with Gasteiger partial charge >= 0.3 is 12.6 Å². The molecule has 30 heavy (non-hydrogen) atoms. The Bertz CT molecular complexity index is 920. The highest BCUT2D eigenvalue weighted by atomic mass is 19.3. The van der Waals surface area contributed by atoms with Crippen LogP contribution in [0.5, 0.6) is 5.75 Å². The molecule has 2 aromatic rings. The average molecular weight is 431 g/mol. The summed E-state index contributed by atoms with van der Waals surface area (Å²) in [6, 6.07) is 5.22. The summed E-state index contributed by atoms with van der Waals surface area (Å²) in [6.07, 6.45) is 0. The van der Waals surface area contributed by atoms with Gasteiger partial charge in [0.1, 0.15) is 40.9 Å². The molecule has 0 atom stereocenters. The van der Waals surface area contributed by atoms with Gasteiger partial charge in [0.25, 0.3) is 5.91 Å². The highest BCUT2D eigenvalue weighted by Gasteiger charge is 2.29. The second-order valence-electron chi connectivity index (χ2n) is 7.10. The van der Waals surface area contributed by atoms with Gasteiger partial charge in [-0.05, 0) is 32.9 Å². The van der Waals surface area contributed by atoms with E-state index in [1.807, 2.05) is 0 Å². The predicted molar refractivity (Wildman–Crippen MR) is 96.9 cm³/mol. The normalized spacial score (nSPS) is 11.4. The van der Waals surface area contributed by atoms with Crippen LogP contribution >= 0.6 is 0 Å². The van der Waals surface area contributed by atoms with E-state index in [2.05, 4.69) is 4.74 Å². The fraction of sp³-hybridized carbons (Fsp3) is 0.300. The molecule has 0 aliphatic carbocycles. The molecular weight excluding hydrogens is 413 g/mol. The Kier molecular flexibility index (Phi) is 7.01. The van der Waals surface area contributed by atoms with Crippen LogP contribution in [0.15, 0.2) is 36.4 Å². The molecule has 0 saturated heterocycles. The number of rotatable bonds is 6. The number of alkyl halides is 2. The minimum Gasteiger partial charge on any atom is -0.459 e. The Morgan fingerprint density at radius 1 is 1.03 bits per heavy atom. The third-order valence-electron chi connectivity index (χ3n) is 3.53. The van der Waals surface area contributed by atoms with Crippen molar-refractivity contribution in [1.82, 2.24) is 0 Å². The first-order chi connectivity index (χ1) is 13.9. The maximum Gasteiger partial charge on any atom is 0.387 e.